The van der Waals surface area contributed by atoms with Crippen LogP contribution in [0.4, 0.5) is 5.69 Å². The lowest BCUT2D eigenvalue weighted by Gasteiger charge is -2.37. The van der Waals surface area contributed by atoms with Crippen LogP contribution in [-0.2, 0) is 0 Å². The Balaban J connectivity index is 2.11. The van der Waals surface area contributed by atoms with E-state index >= 15 is 0 Å². The number of piperidine rings is 1. The molecule has 0 bridgehead atoms. The van der Waals surface area contributed by atoms with Gasteiger partial charge in [-0.2, -0.15) is 0 Å². The van der Waals surface area contributed by atoms with E-state index in [9.17, 15) is 0 Å². The Morgan fingerprint density at radius 2 is 2.00 bits per heavy atom. The van der Waals surface area contributed by atoms with E-state index in [0.29, 0.717) is 0 Å². The molecule has 1 heterocycles. The van der Waals surface area contributed by atoms with Gasteiger partial charge in [-0.25, -0.2) is 0 Å². The summed E-state index contributed by atoms with van der Waals surface area (Å²) in [7, 11) is 1.72. The van der Waals surface area contributed by atoms with Crippen molar-refractivity contribution < 1.29 is 4.74 Å². The number of methoxy groups -OCH3 is 1. The lowest BCUT2D eigenvalue weighted by molar-refractivity contribution is 0.414. The quantitative estimate of drug-likeness (QED) is 0.783. The second kappa shape index (κ2) is 5.95. The molecule has 1 aliphatic rings. The van der Waals surface area contributed by atoms with Crippen LogP contribution in [0.3, 0.4) is 0 Å². The Morgan fingerprint density at radius 1 is 1.24 bits per heavy atom. The van der Waals surface area contributed by atoms with Gasteiger partial charge in [0.1, 0.15) is 5.75 Å². The minimum Gasteiger partial charge on any atom is -0.497 e. The second-order valence-corrected chi connectivity index (χ2v) is 4.83. The van der Waals surface area contributed by atoms with Crippen molar-refractivity contribution in [2.24, 2.45) is 0 Å². The second-order valence-electron chi connectivity index (χ2n) is 4.83. The Hall–Kier alpha value is -1.18. The van der Waals surface area contributed by atoms with Crippen molar-refractivity contribution in [3.8, 4) is 5.75 Å². The van der Waals surface area contributed by atoms with Gasteiger partial charge >= 0.3 is 0 Å². The predicted molar refractivity (Wildman–Crippen MR) is 72.9 cm³/mol. The summed E-state index contributed by atoms with van der Waals surface area (Å²) in [4.78, 5) is 2.58. The Bertz CT molecular complexity index is 331. The van der Waals surface area contributed by atoms with Crippen LogP contribution in [0.2, 0.25) is 0 Å². The summed E-state index contributed by atoms with van der Waals surface area (Å²) in [5, 5.41) is 0. The van der Waals surface area contributed by atoms with Crippen LogP contribution in [0.15, 0.2) is 24.3 Å². The summed E-state index contributed by atoms with van der Waals surface area (Å²) in [6.07, 6.45) is 6.65. The standard InChI is InChI=1S/C15H23NO/c1-3-6-13-7-4-5-12-16(13)14-8-10-15(17-2)11-9-14/h8-11,13H,3-7,12H2,1-2H3/t13-/m1/s1. The van der Waals surface area contributed by atoms with Gasteiger partial charge in [-0.3, -0.25) is 0 Å². The zero-order valence-electron chi connectivity index (χ0n) is 11.0. The Kier molecular flexibility index (Phi) is 4.29. The van der Waals surface area contributed by atoms with Crippen LogP contribution in [0.25, 0.3) is 0 Å². The molecule has 0 amide bonds. The van der Waals surface area contributed by atoms with Gasteiger partial charge in [-0.1, -0.05) is 13.3 Å². The fourth-order valence-electron chi connectivity index (χ4n) is 2.75. The van der Waals surface area contributed by atoms with Crippen molar-refractivity contribution in [2.75, 3.05) is 18.6 Å². The predicted octanol–water partition coefficient (Wildman–Crippen LogP) is 3.85. The van der Waals surface area contributed by atoms with Crippen LogP contribution in [-0.4, -0.2) is 19.7 Å². The van der Waals surface area contributed by atoms with E-state index in [1.165, 1.54) is 44.3 Å². The fourth-order valence-corrected chi connectivity index (χ4v) is 2.75. The molecule has 1 aliphatic heterocycles. The number of benzene rings is 1. The first-order valence-electron chi connectivity index (χ1n) is 6.76. The topological polar surface area (TPSA) is 12.5 Å². The van der Waals surface area contributed by atoms with Gasteiger partial charge in [0, 0.05) is 18.3 Å². The minimum atomic E-state index is 0.738. The molecule has 1 saturated heterocycles. The molecule has 2 rings (SSSR count). The van der Waals surface area contributed by atoms with E-state index in [0.717, 1.165) is 11.8 Å². The maximum Gasteiger partial charge on any atom is 0.119 e. The van der Waals surface area contributed by atoms with Crippen molar-refractivity contribution in [2.45, 2.75) is 45.1 Å². The molecule has 17 heavy (non-hydrogen) atoms. The molecular weight excluding hydrogens is 210 g/mol. The third kappa shape index (κ3) is 2.93. The number of ether oxygens (including phenoxy) is 1. The number of rotatable bonds is 4. The monoisotopic (exact) mass is 233 g/mol. The highest BCUT2D eigenvalue weighted by molar-refractivity contribution is 5.50. The van der Waals surface area contributed by atoms with E-state index in [1.54, 1.807) is 7.11 Å². The van der Waals surface area contributed by atoms with Gasteiger partial charge in [0.25, 0.3) is 0 Å². The third-order valence-corrected chi connectivity index (χ3v) is 3.65. The molecule has 0 spiro atoms. The van der Waals surface area contributed by atoms with Gasteiger partial charge in [-0.05, 0) is 49.9 Å². The van der Waals surface area contributed by atoms with Crippen LogP contribution in [0, 0.1) is 0 Å². The van der Waals surface area contributed by atoms with Crippen molar-refractivity contribution in [3.63, 3.8) is 0 Å². The normalized spacial score (nSPS) is 20.4. The summed E-state index contributed by atoms with van der Waals surface area (Å²) in [6, 6.07) is 9.24. The molecule has 0 radical (unpaired) electrons. The van der Waals surface area contributed by atoms with Gasteiger partial charge in [0.15, 0.2) is 0 Å². The Morgan fingerprint density at radius 3 is 2.65 bits per heavy atom. The fraction of sp³-hybridized carbons (Fsp3) is 0.600. The molecule has 1 fully saturated rings. The van der Waals surface area contributed by atoms with Crippen molar-refractivity contribution >= 4 is 5.69 Å². The van der Waals surface area contributed by atoms with Gasteiger partial charge < -0.3 is 9.64 Å². The SMILES string of the molecule is CCC[C@@H]1CCCCN1c1ccc(OC)cc1. The van der Waals surface area contributed by atoms with Crippen LogP contribution in [0.5, 0.6) is 5.75 Å². The molecule has 0 aliphatic carbocycles. The molecule has 0 aromatic heterocycles. The van der Waals surface area contributed by atoms with E-state index in [4.69, 9.17) is 4.74 Å². The molecule has 1 aromatic carbocycles. The average molecular weight is 233 g/mol. The summed E-state index contributed by atoms with van der Waals surface area (Å²) >= 11 is 0. The zero-order chi connectivity index (χ0) is 12.1. The first-order chi connectivity index (χ1) is 8.35. The first-order valence-corrected chi connectivity index (χ1v) is 6.76. The number of anilines is 1. The van der Waals surface area contributed by atoms with Crippen LogP contribution in [0.1, 0.15) is 39.0 Å². The molecule has 1 atom stereocenters. The molecule has 2 heteroatoms. The lowest BCUT2D eigenvalue weighted by Crippen LogP contribution is -2.39. The van der Waals surface area contributed by atoms with E-state index in [-0.39, 0.29) is 0 Å². The summed E-state index contributed by atoms with van der Waals surface area (Å²) < 4.78 is 5.21. The Labute approximate surface area is 105 Å². The van der Waals surface area contributed by atoms with Crippen molar-refractivity contribution in [3.05, 3.63) is 24.3 Å². The smallest absolute Gasteiger partial charge is 0.119 e. The number of nitrogens with zero attached hydrogens (tertiary/aromatic N) is 1. The van der Waals surface area contributed by atoms with Crippen LogP contribution >= 0.6 is 0 Å². The molecule has 94 valence electrons. The highest BCUT2D eigenvalue weighted by atomic mass is 16.5. The third-order valence-electron chi connectivity index (χ3n) is 3.65. The molecule has 2 nitrogen and oxygen atoms in total. The summed E-state index contributed by atoms with van der Waals surface area (Å²) in [5.74, 6) is 0.942. The van der Waals surface area contributed by atoms with Gasteiger partial charge in [0.2, 0.25) is 0 Å². The highest BCUT2D eigenvalue weighted by Crippen LogP contribution is 2.28. The van der Waals surface area contributed by atoms with Gasteiger partial charge in [0.05, 0.1) is 7.11 Å². The van der Waals surface area contributed by atoms with Crippen LogP contribution < -0.4 is 9.64 Å². The molecular formula is C15H23NO. The zero-order valence-corrected chi connectivity index (χ0v) is 11.0. The largest absolute Gasteiger partial charge is 0.497 e. The highest BCUT2D eigenvalue weighted by Gasteiger charge is 2.21. The minimum absolute atomic E-state index is 0.738. The van der Waals surface area contributed by atoms with E-state index in [1.807, 2.05) is 0 Å². The average Bonchev–Trinajstić information content (AvgIpc) is 2.40. The number of hydrogen-bond acceptors (Lipinski definition) is 2. The molecule has 0 saturated carbocycles. The van der Waals surface area contributed by atoms with E-state index in [2.05, 4.69) is 36.1 Å². The summed E-state index contributed by atoms with van der Waals surface area (Å²) in [5.41, 5.74) is 1.35. The van der Waals surface area contributed by atoms with Gasteiger partial charge in [-0.15, -0.1) is 0 Å². The van der Waals surface area contributed by atoms with Crippen molar-refractivity contribution in [1.29, 1.82) is 0 Å². The molecule has 0 unspecified atom stereocenters. The lowest BCUT2D eigenvalue weighted by atomic mass is 9.97. The summed E-state index contributed by atoms with van der Waals surface area (Å²) in [6.45, 7) is 3.48. The molecule has 0 N–H and O–H groups in total. The molecule has 1 aromatic rings. The van der Waals surface area contributed by atoms with E-state index < -0.39 is 0 Å². The maximum atomic E-state index is 5.21. The van der Waals surface area contributed by atoms with Crippen molar-refractivity contribution in [1.82, 2.24) is 0 Å². The first kappa shape index (κ1) is 12.3. The number of hydrogen-bond donors (Lipinski definition) is 0. The maximum absolute atomic E-state index is 5.21.